The van der Waals surface area contributed by atoms with E-state index in [4.69, 9.17) is 0 Å². The van der Waals surface area contributed by atoms with Crippen molar-refractivity contribution < 1.29 is 18.3 Å². The summed E-state index contributed by atoms with van der Waals surface area (Å²) in [4.78, 5) is 3.34. The van der Waals surface area contributed by atoms with Crippen LogP contribution in [0, 0.1) is 0 Å². The molecule has 1 atom stereocenters. The lowest BCUT2D eigenvalue weighted by Gasteiger charge is -2.10. The molecule has 0 aliphatic heterocycles. The molecule has 0 aromatic carbocycles. The molecule has 1 aromatic heterocycles. The minimum Gasteiger partial charge on any atom is -0.387 e. The van der Waals surface area contributed by atoms with Crippen LogP contribution in [0.3, 0.4) is 0 Å². The van der Waals surface area contributed by atoms with Gasteiger partial charge in [0.05, 0.1) is 11.8 Å². The Kier molecular flexibility index (Phi) is 3.10. The number of hydrogen-bond acceptors (Lipinski definition) is 2. The van der Waals surface area contributed by atoms with Gasteiger partial charge in [-0.1, -0.05) is 13.0 Å². The fourth-order valence-corrected chi connectivity index (χ4v) is 1.00. The molecule has 0 amide bonds. The van der Waals surface area contributed by atoms with Crippen molar-refractivity contribution in [1.82, 2.24) is 4.98 Å². The summed E-state index contributed by atoms with van der Waals surface area (Å²) >= 11 is 0. The quantitative estimate of drug-likeness (QED) is 0.804. The van der Waals surface area contributed by atoms with Gasteiger partial charge in [0.25, 0.3) is 0 Å². The molecule has 0 aliphatic carbocycles. The predicted octanol–water partition coefficient (Wildman–Crippen LogP) is 2.54. The Hall–Kier alpha value is -1.10. The first-order chi connectivity index (χ1) is 6.45. The van der Waals surface area contributed by atoms with Crippen LogP contribution in [0.25, 0.3) is 0 Å². The van der Waals surface area contributed by atoms with Crippen LogP contribution in [0.1, 0.15) is 30.8 Å². The molecule has 2 nitrogen and oxygen atoms in total. The van der Waals surface area contributed by atoms with E-state index in [2.05, 4.69) is 4.98 Å². The molecule has 0 aliphatic rings. The molecule has 14 heavy (non-hydrogen) atoms. The van der Waals surface area contributed by atoms with Gasteiger partial charge >= 0.3 is 6.18 Å². The van der Waals surface area contributed by atoms with E-state index < -0.39 is 18.0 Å². The van der Waals surface area contributed by atoms with Gasteiger partial charge in [0.2, 0.25) is 0 Å². The highest BCUT2D eigenvalue weighted by atomic mass is 19.4. The Morgan fingerprint density at radius 1 is 1.43 bits per heavy atom. The first-order valence-electron chi connectivity index (χ1n) is 4.17. The second kappa shape index (κ2) is 3.96. The number of halogens is 3. The van der Waals surface area contributed by atoms with Crippen LogP contribution >= 0.6 is 0 Å². The maximum Gasteiger partial charge on any atom is 0.433 e. The number of pyridine rings is 1. The van der Waals surface area contributed by atoms with E-state index in [-0.39, 0.29) is 5.69 Å². The van der Waals surface area contributed by atoms with Crippen molar-refractivity contribution in [2.24, 2.45) is 0 Å². The largest absolute Gasteiger partial charge is 0.433 e. The Morgan fingerprint density at radius 2 is 2.07 bits per heavy atom. The number of rotatable bonds is 2. The first kappa shape index (κ1) is 11.0. The summed E-state index contributed by atoms with van der Waals surface area (Å²) in [5.41, 5.74) is -0.912. The zero-order valence-corrected chi connectivity index (χ0v) is 7.54. The van der Waals surface area contributed by atoms with Gasteiger partial charge in [0.15, 0.2) is 0 Å². The molecule has 1 heterocycles. The number of aromatic nitrogens is 1. The van der Waals surface area contributed by atoms with Gasteiger partial charge < -0.3 is 5.11 Å². The number of nitrogens with zero attached hydrogens (tertiary/aromatic N) is 1. The second-order valence-electron chi connectivity index (χ2n) is 2.87. The molecule has 0 spiro atoms. The van der Waals surface area contributed by atoms with Crippen LogP contribution in [0.5, 0.6) is 0 Å². The summed E-state index contributed by atoms with van der Waals surface area (Å²) in [6, 6.07) is 3.50. The number of hydrogen-bond donors (Lipinski definition) is 1. The summed E-state index contributed by atoms with van der Waals surface area (Å²) < 4.78 is 36.6. The van der Waals surface area contributed by atoms with Crippen LogP contribution in [-0.4, -0.2) is 10.1 Å². The highest BCUT2D eigenvalue weighted by Gasteiger charge is 2.32. The van der Waals surface area contributed by atoms with Gasteiger partial charge in [0.1, 0.15) is 5.69 Å². The van der Waals surface area contributed by atoms with Crippen LogP contribution in [0.4, 0.5) is 13.2 Å². The molecular weight excluding hydrogens is 195 g/mol. The fourth-order valence-electron chi connectivity index (χ4n) is 1.00. The maximum absolute atomic E-state index is 12.2. The molecule has 0 bridgehead atoms. The van der Waals surface area contributed by atoms with Crippen molar-refractivity contribution in [3.63, 3.8) is 0 Å². The van der Waals surface area contributed by atoms with Crippen molar-refractivity contribution in [1.29, 1.82) is 0 Å². The van der Waals surface area contributed by atoms with E-state index in [1.54, 1.807) is 6.92 Å². The summed E-state index contributed by atoms with van der Waals surface area (Å²) in [7, 11) is 0. The van der Waals surface area contributed by atoms with E-state index >= 15 is 0 Å². The molecule has 0 saturated carbocycles. The third-order valence-corrected chi connectivity index (χ3v) is 1.79. The van der Waals surface area contributed by atoms with Crippen molar-refractivity contribution >= 4 is 0 Å². The molecule has 0 radical (unpaired) electrons. The highest BCUT2D eigenvalue weighted by Crippen LogP contribution is 2.28. The smallest absolute Gasteiger partial charge is 0.387 e. The molecule has 1 N–H and O–H groups in total. The summed E-state index contributed by atoms with van der Waals surface area (Å²) in [5, 5.41) is 9.29. The Balaban J connectivity index is 3.01. The van der Waals surface area contributed by atoms with E-state index in [0.29, 0.717) is 6.42 Å². The minimum atomic E-state index is -4.45. The molecule has 0 saturated heterocycles. The maximum atomic E-state index is 12.2. The van der Waals surface area contributed by atoms with Gasteiger partial charge in [-0.05, 0) is 18.6 Å². The molecular formula is C9H10F3NO. The molecule has 1 rings (SSSR count). The SMILES string of the molecule is CC[C@H](O)c1cccc(C(F)(F)F)n1. The third-order valence-electron chi connectivity index (χ3n) is 1.79. The minimum absolute atomic E-state index is 0.0577. The summed E-state index contributed by atoms with van der Waals surface area (Å²) in [5.74, 6) is 0. The molecule has 0 fully saturated rings. The number of aliphatic hydroxyl groups excluding tert-OH is 1. The zero-order valence-electron chi connectivity index (χ0n) is 7.54. The predicted molar refractivity (Wildman–Crippen MR) is 44.5 cm³/mol. The van der Waals surface area contributed by atoms with Crippen LogP contribution in [0.15, 0.2) is 18.2 Å². The summed E-state index contributed by atoms with van der Waals surface area (Å²) in [6.45, 7) is 1.67. The average Bonchev–Trinajstić information content (AvgIpc) is 2.15. The lowest BCUT2D eigenvalue weighted by atomic mass is 10.2. The van der Waals surface area contributed by atoms with Crippen LogP contribution in [0.2, 0.25) is 0 Å². The zero-order chi connectivity index (χ0) is 10.8. The monoisotopic (exact) mass is 205 g/mol. The van der Waals surface area contributed by atoms with Gasteiger partial charge in [-0.2, -0.15) is 13.2 Å². The van der Waals surface area contributed by atoms with Crippen molar-refractivity contribution in [3.8, 4) is 0 Å². The van der Waals surface area contributed by atoms with Crippen LogP contribution in [-0.2, 0) is 6.18 Å². The fraction of sp³-hybridized carbons (Fsp3) is 0.444. The normalized spacial score (nSPS) is 14.1. The van der Waals surface area contributed by atoms with Gasteiger partial charge in [-0.15, -0.1) is 0 Å². The van der Waals surface area contributed by atoms with E-state index in [1.807, 2.05) is 0 Å². The lowest BCUT2D eigenvalue weighted by molar-refractivity contribution is -0.141. The van der Waals surface area contributed by atoms with Crippen LogP contribution < -0.4 is 0 Å². The Labute approximate surface area is 79.4 Å². The van der Waals surface area contributed by atoms with E-state index in [9.17, 15) is 18.3 Å². The number of alkyl halides is 3. The Morgan fingerprint density at radius 3 is 2.57 bits per heavy atom. The highest BCUT2D eigenvalue weighted by molar-refractivity contribution is 5.15. The third kappa shape index (κ3) is 2.45. The molecule has 1 aromatic rings. The van der Waals surface area contributed by atoms with E-state index in [1.165, 1.54) is 12.1 Å². The second-order valence-corrected chi connectivity index (χ2v) is 2.87. The van der Waals surface area contributed by atoms with Gasteiger partial charge in [0, 0.05) is 0 Å². The molecule has 78 valence electrons. The average molecular weight is 205 g/mol. The van der Waals surface area contributed by atoms with Gasteiger partial charge in [-0.3, -0.25) is 0 Å². The Bertz CT molecular complexity index is 311. The summed E-state index contributed by atoms with van der Waals surface area (Å²) in [6.07, 6.45) is -5.05. The molecule has 0 unspecified atom stereocenters. The standard InChI is InChI=1S/C9H10F3NO/c1-2-7(14)6-4-3-5-8(13-6)9(10,11)12/h3-5,7,14H,2H2,1H3/t7-/m0/s1. The molecule has 5 heteroatoms. The van der Waals surface area contributed by atoms with Crippen molar-refractivity contribution in [3.05, 3.63) is 29.6 Å². The lowest BCUT2D eigenvalue weighted by Crippen LogP contribution is -2.10. The topological polar surface area (TPSA) is 33.1 Å². The van der Waals surface area contributed by atoms with Crippen molar-refractivity contribution in [2.75, 3.05) is 0 Å². The van der Waals surface area contributed by atoms with E-state index in [0.717, 1.165) is 6.07 Å². The first-order valence-corrected chi connectivity index (χ1v) is 4.17. The number of aliphatic hydroxyl groups is 1. The van der Waals surface area contributed by atoms with Gasteiger partial charge in [-0.25, -0.2) is 4.98 Å². The van der Waals surface area contributed by atoms with Crippen molar-refractivity contribution in [2.45, 2.75) is 25.6 Å².